The maximum Gasteiger partial charge on any atom is 2.00 e. The zero-order valence-electron chi connectivity index (χ0n) is 16.9. The summed E-state index contributed by atoms with van der Waals surface area (Å²) in [4.78, 5) is 0. The van der Waals surface area contributed by atoms with Crippen molar-refractivity contribution in [3.63, 3.8) is 0 Å². The fourth-order valence-electron chi connectivity index (χ4n) is 3.19. The molecule has 0 spiro atoms. The number of rotatable bonds is 2. The molecule has 0 bridgehead atoms. The molecule has 0 aromatic heterocycles. The molecule has 0 amide bonds. The van der Waals surface area contributed by atoms with E-state index in [0.717, 1.165) is 5.92 Å². The molecule has 2 aromatic carbocycles. The van der Waals surface area contributed by atoms with Gasteiger partial charge in [-0.1, -0.05) is 37.3 Å². The third-order valence-electron chi connectivity index (χ3n) is 4.66. The Labute approximate surface area is 182 Å². The maximum atomic E-state index is 3.46. The van der Waals surface area contributed by atoms with Gasteiger partial charge in [-0.25, -0.2) is 18.1 Å². The van der Waals surface area contributed by atoms with E-state index in [1.165, 1.54) is 35.3 Å². The Morgan fingerprint density at radius 1 is 1.22 bits per heavy atom. The minimum absolute atomic E-state index is 0. The summed E-state index contributed by atoms with van der Waals surface area (Å²) in [6.45, 7) is 10.0. The molecule has 27 heavy (non-hydrogen) atoms. The fourth-order valence-corrected chi connectivity index (χ4v) is 3.99. The molecule has 0 saturated heterocycles. The Hall–Kier alpha value is -1.20. The number of fused-ring (bicyclic) bond motifs is 2. The van der Waals surface area contributed by atoms with Crippen molar-refractivity contribution in [2.75, 3.05) is 13.3 Å². The predicted octanol–water partition coefficient (Wildman–Crippen LogP) is 7.16. The molecule has 0 heterocycles. The Bertz CT molecular complexity index is 743. The first kappa shape index (κ1) is 23.8. The van der Waals surface area contributed by atoms with Crippen LogP contribution in [0, 0.1) is 12.3 Å². The van der Waals surface area contributed by atoms with E-state index >= 15 is 0 Å². The van der Waals surface area contributed by atoms with Crippen LogP contribution in [0.5, 0.6) is 0 Å². The molecule has 0 radical (unpaired) electrons. The van der Waals surface area contributed by atoms with E-state index in [1.54, 1.807) is 11.6 Å². The van der Waals surface area contributed by atoms with Crippen molar-refractivity contribution in [1.82, 2.24) is 0 Å². The summed E-state index contributed by atoms with van der Waals surface area (Å²) in [6, 6.07) is 13.2. The van der Waals surface area contributed by atoms with Gasteiger partial charge in [0.2, 0.25) is 0 Å². The number of allylic oxidation sites excluding steroid dienone is 7. The Balaban J connectivity index is 0.000000217. The van der Waals surface area contributed by atoms with Gasteiger partial charge in [-0.3, -0.25) is 0 Å². The van der Waals surface area contributed by atoms with Gasteiger partial charge in [0.1, 0.15) is 0 Å². The van der Waals surface area contributed by atoms with Crippen LogP contribution < -0.4 is 5.30 Å². The minimum atomic E-state index is 0. The van der Waals surface area contributed by atoms with Crippen LogP contribution in [0.15, 0.2) is 85.0 Å². The fraction of sp³-hybridized carbons (Fsp3) is 0.280. The van der Waals surface area contributed by atoms with Crippen molar-refractivity contribution in [3.8, 4) is 0 Å². The zero-order valence-corrected chi connectivity index (χ0v) is 19.3. The Morgan fingerprint density at radius 3 is 2.59 bits per heavy atom. The van der Waals surface area contributed by atoms with Crippen LogP contribution in [0.2, 0.25) is 0 Å². The molecule has 2 aliphatic rings. The van der Waals surface area contributed by atoms with Crippen LogP contribution in [0.1, 0.15) is 26.2 Å². The average Bonchev–Trinajstić information content (AvgIpc) is 3.30. The van der Waals surface area contributed by atoms with Gasteiger partial charge in [0.15, 0.2) is 0 Å². The predicted molar refractivity (Wildman–Crippen MR) is 122 cm³/mol. The zero-order chi connectivity index (χ0) is 18.8. The molecule has 2 aliphatic carbocycles. The normalized spacial score (nSPS) is 17.0. The van der Waals surface area contributed by atoms with E-state index in [1.807, 2.05) is 19.1 Å². The summed E-state index contributed by atoms with van der Waals surface area (Å²) in [6.07, 6.45) is 18.6. The summed E-state index contributed by atoms with van der Waals surface area (Å²) in [7, 11) is 0.0576. The quantitative estimate of drug-likeness (QED) is 0.213. The second-order valence-corrected chi connectivity index (χ2v) is 9.11. The second-order valence-electron chi connectivity index (χ2n) is 6.81. The molecule has 1 fully saturated rings. The topological polar surface area (TPSA) is 0 Å². The third kappa shape index (κ3) is 7.75. The third-order valence-corrected chi connectivity index (χ3v) is 5.95. The van der Waals surface area contributed by atoms with Crippen molar-refractivity contribution in [1.29, 1.82) is 0 Å². The summed E-state index contributed by atoms with van der Waals surface area (Å²) in [5.74, 6) is 0.884. The Kier molecular flexibility index (Phi) is 11.5. The SMILES string of the molecule is C1=CCC2CC[CH-]C2=C1.C=CC=CC.CP(C)c1cc2ccccc2[cH-]1.[Ti+2]. The maximum absolute atomic E-state index is 3.46. The van der Waals surface area contributed by atoms with Crippen molar-refractivity contribution in [2.24, 2.45) is 5.92 Å². The van der Waals surface area contributed by atoms with Crippen molar-refractivity contribution < 1.29 is 21.7 Å². The molecule has 140 valence electrons. The average molecular weight is 410 g/mol. The van der Waals surface area contributed by atoms with Crippen molar-refractivity contribution >= 4 is 24.0 Å². The van der Waals surface area contributed by atoms with E-state index in [2.05, 4.69) is 81.0 Å². The van der Waals surface area contributed by atoms with Crippen LogP contribution in [0.25, 0.3) is 10.8 Å². The first-order chi connectivity index (χ1) is 12.7. The summed E-state index contributed by atoms with van der Waals surface area (Å²) in [5.41, 5.74) is 1.58. The minimum Gasteiger partial charge on any atom is -0.227 e. The standard InChI is InChI=1S/C11H12P.C9H11.C5H8.Ti/c1-12(2)11-7-9-5-3-4-6-10(9)8-11;1-2-5-9-7-3-6-8(9)4-1;1-3-5-4-2;/h3-8H,1-2H3;1-2,4,6,9H,3,5,7H2;3-5H,1H2,2H3;/q2*-1;;+2. The Morgan fingerprint density at radius 2 is 2.00 bits per heavy atom. The molecule has 0 N–H and O–H groups in total. The van der Waals surface area contributed by atoms with Gasteiger partial charge >= 0.3 is 21.7 Å². The van der Waals surface area contributed by atoms with Gasteiger partial charge in [-0.15, -0.1) is 66.8 Å². The summed E-state index contributed by atoms with van der Waals surface area (Å²) < 4.78 is 0. The second kappa shape index (κ2) is 13.1. The molecule has 0 aliphatic heterocycles. The molecular weight excluding hydrogens is 379 g/mol. The summed E-state index contributed by atoms with van der Waals surface area (Å²) in [5, 5.41) is 4.26. The van der Waals surface area contributed by atoms with Crippen LogP contribution >= 0.6 is 7.92 Å². The van der Waals surface area contributed by atoms with E-state index in [9.17, 15) is 0 Å². The smallest absolute Gasteiger partial charge is 0.227 e. The molecule has 1 atom stereocenters. The van der Waals surface area contributed by atoms with Crippen molar-refractivity contribution in [3.05, 3.63) is 91.4 Å². The largest absolute Gasteiger partial charge is 2.00 e. The van der Waals surface area contributed by atoms with Crippen LogP contribution in [0.4, 0.5) is 0 Å². The summed E-state index contributed by atoms with van der Waals surface area (Å²) >= 11 is 0. The van der Waals surface area contributed by atoms with E-state index < -0.39 is 0 Å². The molecule has 1 unspecified atom stereocenters. The van der Waals surface area contributed by atoms with Crippen molar-refractivity contribution in [2.45, 2.75) is 26.2 Å². The number of benzene rings is 1. The molecule has 0 nitrogen and oxygen atoms in total. The molecule has 2 heteroatoms. The molecule has 1 saturated carbocycles. The van der Waals surface area contributed by atoms with Gasteiger partial charge < -0.3 is 0 Å². The van der Waals surface area contributed by atoms with Gasteiger partial charge in [-0.05, 0) is 32.6 Å². The van der Waals surface area contributed by atoms with Gasteiger partial charge in [0.05, 0.1) is 0 Å². The first-order valence-corrected chi connectivity index (χ1v) is 11.7. The van der Waals surface area contributed by atoms with Crippen LogP contribution in [-0.2, 0) is 21.7 Å². The first-order valence-electron chi connectivity index (χ1n) is 9.42. The van der Waals surface area contributed by atoms with Gasteiger partial charge in [0.25, 0.3) is 0 Å². The molecular formula is C25H31PTi. The van der Waals surface area contributed by atoms with Crippen LogP contribution in [-0.4, -0.2) is 13.3 Å². The van der Waals surface area contributed by atoms with Gasteiger partial charge in [0, 0.05) is 0 Å². The van der Waals surface area contributed by atoms with E-state index in [4.69, 9.17) is 0 Å². The van der Waals surface area contributed by atoms with Crippen LogP contribution in [0.3, 0.4) is 0 Å². The number of hydrogen-bond acceptors (Lipinski definition) is 0. The van der Waals surface area contributed by atoms with Gasteiger partial charge in [-0.2, -0.15) is 6.07 Å². The molecule has 2 aromatic rings. The number of hydrogen-bond donors (Lipinski definition) is 0. The molecule has 4 rings (SSSR count). The monoisotopic (exact) mass is 410 g/mol. The van der Waals surface area contributed by atoms with E-state index in [-0.39, 0.29) is 29.6 Å². The van der Waals surface area contributed by atoms with E-state index in [0.29, 0.717) is 0 Å².